The lowest BCUT2D eigenvalue weighted by Crippen LogP contribution is -2.03. The zero-order chi connectivity index (χ0) is 8.18. The number of hydrogen-bond donors (Lipinski definition) is 1. The van der Waals surface area contributed by atoms with Crippen LogP contribution in [0.5, 0.6) is 0 Å². The monoisotopic (exact) mass is 162 g/mol. The molecule has 2 aliphatic rings. The van der Waals surface area contributed by atoms with Crippen LogP contribution < -0.4 is 0 Å². The minimum absolute atomic E-state index is 0.101. The van der Waals surface area contributed by atoms with E-state index in [1.807, 2.05) is 18.2 Å². The van der Waals surface area contributed by atoms with E-state index in [2.05, 4.69) is 6.07 Å². The maximum absolute atomic E-state index is 9.53. The van der Waals surface area contributed by atoms with Crippen LogP contribution in [0.1, 0.15) is 30.3 Å². The van der Waals surface area contributed by atoms with E-state index >= 15 is 0 Å². The Morgan fingerprint density at radius 2 is 2.08 bits per heavy atom. The second-order valence-corrected chi connectivity index (χ2v) is 3.55. The summed E-state index contributed by atoms with van der Waals surface area (Å²) in [4.78, 5) is 0. The van der Waals surface area contributed by atoms with E-state index in [9.17, 15) is 5.11 Å². The molecule has 1 N–H and O–H groups in total. The number of rotatable bonds is 0. The number of hydrogen-bond acceptors (Lipinski definition) is 2. The first-order valence-corrected chi connectivity index (χ1v) is 4.27. The van der Waals surface area contributed by atoms with Gasteiger partial charge >= 0.3 is 0 Å². The molecule has 0 aromatic heterocycles. The summed E-state index contributed by atoms with van der Waals surface area (Å²) in [5, 5.41) is 9.53. The van der Waals surface area contributed by atoms with Gasteiger partial charge in [-0.3, -0.25) is 0 Å². The van der Waals surface area contributed by atoms with Crippen molar-refractivity contribution in [1.82, 2.24) is 0 Å². The molecule has 12 heavy (non-hydrogen) atoms. The molecule has 0 saturated heterocycles. The van der Waals surface area contributed by atoms with Crippen LogP contribution in [0.15, 0.2) is 24.3 Å². The van der Waals surface area contributed by atoms with Gasteiger partial charge in [-0.05, 0) is 18.4 Å². The predicted molar refractivity (Wildman–Crippen MR) is 43.4 cm³/mol. The molecular formula is C10H10O2. The smallest absolute Gasteiger partial charge is 0.182 e. The van der Waals surface area contributed by atoms with Gasteiger partial charge < -0.3 is 9.84 Å². The largest absolute Gasteiger partial charge is 0.364 e. The van der Waals surface area contributed by atoms with Gasteiger partial charge in [-0.15, -0.1) is 0 Å². The van der Waals surface area contributed by atoms with E-state index in [1.54, 1.807) is 0 Å². The zero-order valence-electron chi connectivity index (χ0n) is 6.66. The van der Waals surface area contributed by atoms with Crippen molar-refractivity contribution in [2.45, 2.75) is 24.7 Å². The Morgan fingerprint density at radius 3 is 2.83 bits per heavy atom. The fraction of sp³-hybridized carbons (Fsp3) is 0.400. The van der Waals surface area contributed by atoms with Gasteiger partial charge in [-0.1, -0.05) is 24.3 Å². The minimum atomic E-state index is -0.691. The van der Waals surface area contributed by atoms with Crippen LogP contribution in [0.3, 0.4) is 0 Å². The third kappa shape index (κ3) is 0.667. The lowest BCUT2D eigenvalue weighted by atomic mass is 10.0. The summed E-state index contributed by atoms with van der Waals surface area (Å²) in [6, 6.07) is 7.93. The summed E-state index contributed by atoms with van der Waals surface area (Å²) in [7, 11) is 0. The lowest BCUT2D eigenvalue weighted by Gasteiger charge is -2.06. The standard InChI is InChI=1S/C10H10O2/c11-9-7-3-1-2-4-8(7)10(12-9)5-6-10/h1-4,9,11H,5-6H2. The molecule has 1 aliphatic carbocycles. The second kappa shape index (κ2) is 1.90. The molecular weight excluding hydrogens is 152 g/mol. The first kappa shape index (κ1) is 6.63. The van der Waals surface area contributed by atoms with Crippen molar-refractivity contribution in [3.8, 4) is 0 Å². The van der Waals surface area contributed by atoms with Crippen molar-refractivity contribution >= 4 is 0 Å². The number of aliphatic hydroxyl groups is 1. The third-order valence-electron chi connectivity index (χ3n) is 2.76. The summed E-state index contributed by atoms with van der Waals surface area (Å²) in [6.45, 7) is 0. The van der Waals surface area contributed by atoms with E-state index in [0.717, 1.165) is 18.4 Å². The van der Waals surface area contributed by atoms with Gasteiger partial charge in [0.25, 0.3) is 0 Å². The van der Waals surface area contributed by atoms with Crippen molar-refractivity contribution in [2.75, 3.05) is 0 Å². The molecule has 2 nitrogen and oxygen atoms in total. The first-order valence-electron chi connectivity index (χ1n) is 4.27. The van der Waals surface area contributed by atoms with E-state index in [1.165, 1.54) is 5.56 Å². The van der Waals surface area contributed by atoms with Crippen LogP contribution in [0.4, 0.5) is 0 Å². The van der Waals surface area contributed by atoms with Gasteiger partial charge in [0.15, 0.2) is 6.29 Å². The van der Waals surface area contributed by atoms with Crippen LogP contribution in [-0.2, 0) is 10.3 Å². The van der Waals surface area contributed by atoms with Crippen molar-refractivity contribution in [3.63, 3.8) is 0 Å². The highest BCUT2D eigenvalue weighted by Gasteiger charge is 2.53. The molecule has 0 amide bonds. The summed E-state index contributed by atoms with van der Waals surface area (Å²) in [5.74, 6) is 0. The van der Waals surface area contributed by atoms with E-state index in [4.69, 9.17) is 4.74 Å². The summed E-state index contributed by atoms with van der Waals surface area (Å²) >= 11 is 0. The molecule has 1 unspecified atom stereocenters. The molecule has 1 fully saturated rings. The average molecular weight is 162 g/mol. The predicted octanol–water partition coefficient (Wildman–Crippen LogP) is 1.70. The van der Waals surface area contributed by atoms with Crippen LogP contribution in [-0.4, -0.2) is 5.11 Å². The number of benzene rings is 1. The highest BCUT2D eigenvalue weighted by molar-refractivity contribution is 5.40. The second-order valence-electron chi connectivity index (χ2n) is 3.55. The average Bonchev–Trinajstić information content (AvgIpc) is 2.79. The van der Waals surface area contributed by atoms with Gasteiger partial charge in [0.1, 0.15) is 0 Å². The Hall–Kier alpha value is -0.860. The van der Waals surface area contributed by atoms with Crippen molar-refractivity contribution < 1.29 is 9.84 Å². The zero-order valence-corrected chi connectivity index (χ0v) is 6.66. The van der Waals surface area contributed by atoms with Crippen LogP contribution in [0.2, 0.25) is 0 Å². The van der Waals surface area contributed by atoms with Crippen LogP contribution in [0, 0.1) is 0 Å². The molecule has 1 aromatic rings. The van der Waals surface area contributed by atoms with Crippen molar-refractivity contribution in [3.05, 3.63) is 35.4 Å². The quantitative estimate of drug-likeness (QED) is 0.629. The van der Waals surface area contributed by atoms with Crippen molar-refractivity contribution in [1.29, 1.82) is 0 Å². The molecule has 0 radical (unpaired) electrons. The number of aliphatic hydroxyl groups excluding tert-OH is 1. The van der Waals surface area contributed by atoms with Gasteiger partial charge in [0.05, 0.1) is 5.60 Å². The van der Waals surface area contributed by atoms with E-state index in [-0.39, 0.29) is 5.60 Å². The molecule has 62 valence electrons. The lowest BCUT2D eigenvalue weighted by molar-refractivity contribution is -0.132. The molecule has 1 saturated carbocycles. The summed E-state index contributed by atoms with van der Waals surface area (Å²) in [5.41, 5.74) is 2.04. The molecule has 3 rings (SSSR count). The van der Waals surface area contributed by atoms with Crippen molar-refractivity contribution in [2.24, 2.45) is 0 Å². The fourth-order valence-corrected chi connectivity index (χ4v) is 1.97. The number of ether oxygens (including phenoxy) is 1. The Balaban J connectivity index is 2.21. The summed E-state index contributed by atoms with van der Waals surface area (Å²) < 4.78 is 5.49. The van der Waals surface area contributed by atoms with Gasteiger partial charge in [0.2, 0.25) is 0 Å². The topological polar surface area (TPSA) is 29.5 Å². The van der Waals surface area contributed by atoms with Crippen LogP contribution in [0.25, 0.3) is 0 Å². The molecule has 1 heterocycles. The maximum atomic E-state index is 9.53. The minimum Gasteiger partial charge on any atom is -0.364 e. The molecule has 1 aliphatic heterocycles. The molecule has 2 heteroatoms. The SMILES string of the molecule is OC1OC2(CC2)c2ccccc21. The maximum Gasteiger partial charge on any atom is 0.182 e. The Kier molecular flexibility index (Phi) is 1.05. The fourth-order valence-electron chi connectivity index (χ4n) is 1.97. The van der Waals surface area contributed by atoms with Gasteiger partial charge in [-0.25, -0.2) is 0 Å². The Morgan fingerprint density at radius 1 is 1.33 bits per heavy atom. The Labute approximate surface area is 70.8 Å². The van der Waals surface area contributed by atoms with E-state index in [0.29, 0.717) is 0 Å². The third-order valence-corrected chi connectivity index (χ3v) is 2.76. The van der Waals surface area contributed by atoms with Gasteiger partial charge in [0, 0.05) is 5.56 Å². The first-order chi connectivity index (χ1) is 5.82. The number of fused-ring (bicyclic) bond motifs is 2. The molecule has 0 bridgehead atoms. The van der Waals surface area contributed by atoms with Gasteiger partial charge in [-0.2, -0.15) is 0 Å². The normalized spacial score (nSPS) is 28.9. The summed E-state index contributed by atoms with van der Waals surface area (Å²) in [6.07, 6.45) is 1.42. The highest BCUT2D eigenvalue weighted by Crippen LogP contribution is 2.57. The molecule has 1 spiro atoms. The highest BCUT2D eigenvalue weighted by atomic mass is 16.6. The van der Waals surface area contributed by atoms with E-state index < -0.39 is 6.29 Å². The molecule has 1 aromatic carbocycles. The molecule has 1 atom stereocenters. The van der Waals surface area contributed by atoms with Crippen LogP contribution >= 0.6 is 0 Å². The Bertz CT molecular complexity index is 328.